The number of anilines is 1. The zero-order chi connectivity index (χ0) is 16.2. The fraction of sp³-hybridized carbons (Fsp3) is 0.647. The van der Waals surface area contributed by atoms with Crippen LogP contribution < -0.4 is 5.32 Å². The molecule has 0 bridgehead atoms. The summed E-state index contributed by atoms with van der Waals surface area (Å²) < 4.78 is 7.60. The molecule has 1 aliphatic rings. The fourth-order valence-corrected chi connectivity index (χ4v) is 3.10. The summed E-state index contributed by atoms with van der Waals surface area (Å²) in [5, 5.41) is 17.8. The van der Waals surface area contributed by atoms with Crippen molar-refractivity contribution in [2.45, 2.75) is 58.2 Å². The zero-order valence-corrected chi connectivity index (χ0v) is 14.0. The first-order valence-electron chi connectivity index (χ1n) is 8.49. The highest BCUT2D eigenvalue weighted by Gasteiger charge is 2.16. The Morgan fingerprint density at radius 1 is 1.26 bits per heavy atom. The number of hydrogen-bond acceptors (Lipinski definition) is 5. The highest BCUT2D eigenvalue weighted by molar-refractivity contribution is 5.50. The molecule has 0 unspecified atom stereocenters. The van der Waals surface area contributed by atoms with Crippen molar-refractivity contribution >= 4 is 11.5 Å². The lowest BCUT2D eigenvalue weighted by atomic mass is 9.98. The monoisotopic (exact) mass is 318 g/mol. The summed E-state index contributed by atoms with van der Waals surface area (Å²) >= 11 is 0. The van der Waals surface area contributed by atoms with Gasteiger partial charge < -0.3 is 15.2 Å². The predicted molar refractivity (Wildman–Crippen MR) is 89.8 cm³/mol. The molecular formula is C17H26N4O2. The molecule has 2 aromatic rings. The van der Waals surface area contributed by atoms with Crippen LogP contribution in [0.1, 0.15) is 43.5 Å². The van der Waals surface area contributed by atoms with Crippen molar-refractivity contribution in [3.63, 3.8) is 0 Å². The van der Waals surface area contributed by atoms with Crippen LogP contribution in [-0.4, -0.2) is 45.1 Å². The number of aromatic nitrogens is 3. The summed E-state index contributed by atoms with van der Waals surface area (Å²) in [6.45, 7) is 4.71. The van der Waals surface area contributed by atoms with Crippen LogP contribution in [0.5, 0.6) is 0 Å². The molecule has 6 heteroatoms. The Hall–Kier alpha value is -1.66. The molecule has 2 aromatic heterocycles. The molecule has 23 heavy (non-hydrogen) atoms. The molecule has 2 heterocycles. The molecule has 3 rings (SSSR count). The van der Waals surface area contributed by atoms with E-state index in [-0.39, 0.29) is 0 Å². The Morgan fingerprint density at radius 2 is 2.04 bits per heavy atom. The van der Waals surface area contributed by atoms with Crippen molar-refractivity contribution < 1.29 is 9.84 Å². The van der Waals surface area contributed by atoms with E-state index >= 15 is 0 Å². The number of rotatable bonds is 6. The minimum atomic E-state index is -0.530. The Labute approximate surface area is 136 Å². The number of nitrogens with zero attached hydrogens (tertiary/aromatic N) is 3. The van der Waals surface area contributed by atoms with E-state index in [1.807, 2.05) is 26.0 Å². The zero-order valence-electron chi connectivity index (χ0n) is 14.0. The summed E-state index contributed by atoms with van der Waals surface area (Å²) in [7, 11) is 0. The summed E-state index contributed by atoms with van der Waals surface area (Å²) in [5.74, 6) is 0.845. The van der Waals surface area contributed by atoms with E-state index in [1.165, 1.54) is 19.3 Å². The SMILES string of the molecule is Cc1cc(NC[C@H](O)COC2CCCCC2)n2nc(C)cc2n1. The molecule has 1 aliphatic carbocycles. The topological polar surface area (TPSA) is 71.7 Å². The maximum atomic E-state index is 10.2. The van der Waals surface area contributed by atoms with E-state index in [1.54, 1.807) is 4.52 Å². The van der Waals surface area contributed by atoms with Crippen LogP contribution in [0.4, 0.5) is 5.82 Å². The van der Waals surface area contributed by atoms with E-state index in [0.717, 1.165) is 35.7 Å². The lowest BCUT2D eigenvalue weighted by molar-refractivity contribution is -0.0195. The third kappa shape index (κ3) is 4.20. The van der Waals surface area contributed by atoms with Gasteiger partial charge >= 0.3 is 0 Å². The van der Waals surface area contributed by atoms with Gasteiger partial charge in [-0.3, -0.25) is 0 Å². The van der Waals surface area contributed by atoms with Crippen LogP contribution in [0.3, 0.4) is 0 Å². The Bertz CT molecular complexity index is 649. The van der Waals surface area contributed by atoms with Crippen molar-refractivity contribution in [2.75, 3.05) is 18.5 Å². The fourth-order valence-electron chi connectivity index (χ4n) is 3.10. The summed E-state index contributed by atoms with van der Waals surface area (Å²) in [4.78, 5) is 4.46. The molecule has 1 atom stereocenters. The summed E-state index contributed by atoms with van der Waals surface area (Å²) in [6.07, 6.45) is 5.83. The summed E-state index contributed by atoms with van der Waals surface area (Å²) in [5.41, 5.74) is 2.66. The second-order valence-electron chi connectivity index (χ2n) is 6.47. The van der Waals surface area contributed by atoms with Gasteiger partial charge in [0.25, 0.3) is 0 Å². The molecule has 1 saturated carbocycles. The normalized spacial score (nSPS) is 17.5. The van der Waals surface area contributed by atoms with Crippen LogP contribution >= 0.6 is 0 Å². The first kappa shape index (κ1) is 16.2. The van der Waals surface area contributed by atoms with E-state index in [2.05, 4.69) is 15.4 Å². The molecule has 0 saturated heterocycles. The smallest absolute Gasteiger partial charge is 0.157 e. The average Bonchev–Trinajstić information content (AvgIpc) is 2.91. The van der Waals surface area contributed by atoms with Crippen molar-refractivity contribution in [3.05, 3.63) is 23.5 Å². The van der Waals surface area contributed by atoms with Crippen LogP contribution in [-0.2, 0) is 4.74 Å². The number of aliphatic hydroxyl groups excluding tert-OH is 1. The molecule has 0 aromatic carbocycles. The van der Waals surface area contributed by atoms with Gasteiger partial charge in [0.15, 0.2) is 5.65 Å². The van der Waals surface area contributed by atoms with Gasteiger partial charge in [0, 0.05) is 24.4 Å². The molecule has 126 valence electrons. The van der Waals surface area contributed by atoms with Crippen molar-refractivity contribution in [1.82, 2.24) is 14.6 Å². The Morgan fingerprint density at radius 3 is 2.83 bits per heavy atom. The maximum absolute atomic E-state index is 10.2. The first-order valence-corrected chi connectivity index (χ1v) is 8.49. The molecule has 2 N–H and O–H groups in total. The van der Waals surface area contributed by atoms with Gasteiger partial charge in [-0.2, -0.15) is 9.61 Å². The van der Waals surface area contributed by atoms with Crippen molar-refractivity contribution in [2.24, 2.45) is 0 Å². The number of hydrogen-bond donors (Lipinski definition) is 2. The second kappa shape index (κ2) is 7.27. The minimum absolute atomic E-state index is 0.321. The third-order valence-corrected chi connectivity index (χ3v) is 4.27. The quantitative estimate of drug-likeness (QED) is 0.856. The van der Waals surface area contributed by atoms with E-state index in [4.69, 9.17) is 4.74 Å². The first-order chi connectivity index (χ1) is 11.1. The molecule has 6 nitrogen and oxygen atoms in total. The summed E-state index contributed by atoms with van der Waals surface area (Å²) in [6, 6.07) is 3.88. The van der Waals surface area contributed by atoms with Crippen molar-refractivity contribution in [3.8, 4) is 0 Å². The van der Waals surface area contributed by atoms with Gasteiger partial charge in [0.05, 0.1) is 24.5 Å². The van der Waals surface area contributed by atoms with Crippen LogP contribution in [0.25, 0.3) is 5.65 Å². The van der Waals surface area contributed by atoms with Gasteiger partial charge in [0.2, 0.25) is 0 Å². The average molecular weight is 318 g/mol. The standard InChI is InChI=1S/C17H26N4O2/c1-12-8-16(21-17(19-12)9-13(2)20-21)18-10-14(22)11-23-15-6-4-3-5-7-15/h8-9,14-15,18,22H,3-7,10-11H2,1-2H3/t14-/m0/s1. The Kier molecular flexibility index (Phi) is 5.13. The van der Waals surface area contributed by atoms with Gasteiger partial charge in [-0.05, 0) is 26.7 Å². The van der Waals surface area contributed by atoms with Gasteiger partial charge in [-0.25, -0.2) is 4.98 Å². The minimum Gasteiger partial charge on any atom is -0.389 e. The third-order valence-electron chi connectivity index (χ3n) is 4.27. The van der Waals surface area contributed by atoms with E-state index in [9.17, 15) is 5.11 Å². The van der Waals surface area contributed by atoms with Crippen LogP contribution in [0.15, 0.2) is 12.1 Å². The molecule has 0 radical (unpaired) electrons. The number of aliphatic hydroxyl groups is 1. The molecule has 0 spiro atoms. The molecule has 0 amide bonds. The number of aryl methyl sites for hydroxylation is 2. The lowest BCUT2D eigenvalue weighted by Gasteiger charge is -2.23. The number of fused-ring (bicyclic) bond motifs is 1. The van der Waals surface area contributed by atoms with Crippen LogP contribution in [0, 0.1) is 13.8 Å². The predicted octanol–water partition coefficient (Wildman–Crippen LogP) is 2.47. The number of nitrogens with one attached hydrogen (secondary N) is 1. The molecular weight excluding hydrogens is 292 g/mol. The molecule has 0 aliphatic heterocycles. The Balaban J connectivity index is 1.55. The largest absolute Gasteiger partial charge is 0.389 e. The van der Waals surface area contributed by atoms with Gasteiger partial charge in [-0.1, -0.05) is 19.3 Å². The van der Waals surface area contributed by atoms with Gasteiger partial charge in [-0.15, -0.1) is 0 Å². The second-order valence-corrected chi connectivity index (χ2v) is 6.47. The van der Waals surface area contributed by atoms with Crippen molar-refractivity contribution in [1.29, 1.82) is 0 Å². The van der Waals surface area contributed by atoms with E-state index in [0.29, 0.717) is 19.3 Å². The van der Waals surface area contributed by atoms with E-state index < -0.39 is 6.10 Å². The highest BCUT2D eigenvalue weighted by atomic mass is 16.5. The van der Waals surface area contributed by atoms with Gasteiger partial charge in [0.1, 0.15) is 5.82 Å². The highest BCUT2D eigenvalue weighted by Crippen LogP contribution is 2.20. The van der Waals surface area contributed by atoms with Crippen LogP contribution in [0.2, 0.25) is 0 Å². The lowest BCUT2D eigenvalue weighted by Crippen LogP contribution is -2.29. The maximum Gasteiger partial charge on any atom is 0.157 e. The molecule has 1 fully saturated rings. The number of ether oxygens (including phenoxy) is 1.